The molecule has 1 aromatic heterocycles. The average molecular weight is 214 g/mol. The number of unbranched alkanes of at least 4 members (excludes halogenated alkanes) is 2. The van der Waals surface area contributed by atoms with Crippen molar-refractivity contribution in [2.75, 3.05) is 0 Å². The molecule has 1 rings (SSSR count). The summed E-state index contributed by atoms with van der Waals surface area (Å²) in [4.78, 5) is 7.84. The third-order valence-electron chi connectivity index (χ3n) is 2.17. The molecule has 0 spiro atoms. The minimum Gasteiger partial charge on any atom is -0.238 e. The molecule has 0 amide bonds. The fraction of sp³-hybridized carbons (Fsp3) is 0.636. The van der Waals surface area contributed by atoms with E-state index in [1.165, 1.54) is 6.07 Å². The molecule has 0 unspecified atom stereocenters. The van der Waals surface area contributed by atoms with Crippen LogP contribution in [0, 0.1) is 6.92 Å². The summed E-state index contributed by atoms with van der Waals surface area (Å²) in [7, 11) is 0. The standard InChI is InChI=1S/C11H16F2N2/c1-3-4-5-6-9-7-10(11(12)13)15-8(2)14-9/h7,11H,3-6H2,1-2H3. The highest BCUT2D eigenvalue weighted by Gasteiger charge is 2.11. The molecule has 0 atom stereocenters. The molecule has 0 aliphatic carbocycles. The van der Waals surface area contributed by atoms with Crippen molar-refractivity contribution in [2.24, 2.45) is 0 Å². The van der Waals surface area contributed by atoms with E-state index in [0.29, 0.717) is 5.82 Å². The molecule has 15 heavy (non-hydrogen) atoms. The van der Waals surface area contributed by atoms with Gasteiger partial charge in [0.15, 0.2) is 0 Å². The Morgan fingerprint density at radius 2 is 2.00 bits per heavy atom. The Kier molecular flexibility index (Phi) is 4.59. The van der Waals surface area contributed by atoms with Gasteiger partial charge < -0.3 is 0 Å². The first-order chi connectivity index (χ1) is 7.13. The van der Waals surface area contributed by atoms with Gasteiger partial charge in [0, 0.05) is 5.69 Å². The lowest BCUT2D eigenvalue weighted by Crippen LogP contribution is -2.01. The number of rotatable bonds is 5. The second-order valence-electron chi connectivity index (χ2n) is 3.59. The van der Waals surface area contributed by atoms with Crippen LogP contribution in [-0.4, -0.2) is 9.97 Å². The fourth-order valence-corrected chi connectivity index (χ4v) is 1.45. The summed E-state index contributed by atoms with van der Waals surface area (Å²) in [5, 5.41) is 0. The first-order valence-corrected chi connectivity index (χ1v) is 5.26. The number of aryl methyl sites for hydroxylation is 2. The lowest BCUT2D eigenvalue weighted by molar-refractivity contribution is 0.145. The van der Waals surface area contributed by atoms with E-state index in [0.717, 1.165) is 31.4 Å². The van der Waals surface area contributed by atoms with Crippen molar-refractivity contribution >= 4 is 0 Å². The van der Waals surface area contributed by atoms with Gasteiger partial charge in [0.1, 0.15) is 11.5 Å². The van der Waals surface area contributed by atoms with Crippen molar-refractivity contribution < 1.29 is 8.78 Å². The number of aromatic nitrogens is 2. The maximum atomic E-state index is 12.4. The quantitative estimate of drug-likeness (QED) is 0.701. The second-order valence-corrected chi connectivity index (χ2v) is 3.59. The van der Waals surface area contributed by atoms with Crippen molar-refractivity contribution in [3.05, 3.63) is 23.3 Å². The van der Waals surface area contributed by atoms with Crippen molar-refractivity contribution in [1.82, 2.24) is 9.97 Å². The molecule has 0 aliphatic heterocycles. The van der Waals surface area contributed by atoms with E-state index in [1.807, 2.05) is 0 Å². The number of halogens is 2. The highest BCUT2D eigenvalue weighted by Crippen LogP contribution is 2.17. The van der Waals surface area contributed by atoms with Crippen LogP contribution in [0.3, 0.4) is 0 Å². The maximum Gasteiger partial charge on any atom is 0.280 e. The summed E-state index contributed by atoms with van der Waals surface area (Å²) < 4.78 is 24.9. The van der Waals surface area contributed by atoms with Crippen LogP contribution in [0.2, 0.25) is 0 Å². The van der Waals surface area contributed by atoms with Gasteiger partial charge >= 0.3 is 0 Å². The molecular weight excluding hydrogens is 198 g/mol. The highest BCUT2D eigenvalue weighted by molar-refractivity contribution is 5.12. The molecule has 4 heteroatoms. The Bertz CT molecular complexity index is 313. The summed E-state index contributed by atoms with van der Waals surface area (Å²) in [5.41, 5.74) is 0.570. The van der Waals surface area contributed by atoms with Crippen LogP contribution < -0.4 is 0 Å². The van der Waals surface area contributed by atoms with Gasteiger partial charge in [0.2, 0.25) is 0 Å². The lowest BCUT2D eigenvalue weighted by Gasteiger charge is -2.04. The zero-order valence-corrected chi connectivity index (χ0v) is 9.13. The van der Waals surface area contributed by atoms with E-state index >= 15 is 0 Å². The van der Waals surface area contributed by atoms with Crippen molar-refractivity contribution in [1.29, 1.82) is 0 Å². The summed E-state index contributed by atoms with van der Waals surface area (Å²) in [6.07, 6.45) is 1.47. The molecule has 84 valence electrons. The van der Waals surface area contributed by atoms with Crippen LogP contribution in [0.4, 0.5) is 8.78 Å². The summed E-state index contributed by atoms with van der Waals surface area (Å²) in [6.45, 7) is 3.75. The minimum atomic E-state index is -2.50. The van der Waals surface area contributed by atoms with Gasteiger partial charge in [-0.25, -0.2) is 18.7 Å². The number of alkyl halides is 2. The maximum absolute atomic E-state index is 12.4. The molecule has 0 bridgehead atoms. The van der Waals surface area contributed by atoms with Crippen LogP contribution in [0.5, 0.6) is 0 Å². The van der Waals surface area contributed by atoms with Crippen LogP contribution in [0.15, 0.2) is 6.07 Å². The summed E-state index contributed by atoms with van der Waals surface area (Å²) >= 11 is 0. The van der Waals surface area contributed by atoms with E-state index in [2.05, 4.69) is 16.9 Å². The second kappa shape index (κ2) is 5.73. The topological polar surface area (TPSA) is 25.8 Å². The monoisotopic (exact) mass is 214 g/mol. The van der Waals surface area contributed by atoms with E-state index in [4.69, 9.17) is 0 Å². The van der Waals surface area contributed by atoms with Gasteiger partial charge in [-0.05, 0) is 25.8 Å². The Morgan fingerprint density at radius 1 is 1.27 bits per heavy atom. The number of hydrogen-bond donors (Lipinski definition) is 0. The van der Waals surface area contributed by atoms with Crippen molar-refractivity contribution in [2.45, 2.75) is 46.0 Å². The predicted molar refractivity (Wildman–Crippen MR) is 55.0 cm³/mol. The van der Waals surface area contributed by atoms with Crippen molar-refractivity contribution in [3.63, 3.8) is 0 Å². The Labute approximate surface area is 88.8 Å². The van der Waals surface area contributed by atoms with Gasteiger partial charge in [-0.3, -0.25) is 0 Å². The van der Waals surface area contributed by atoms with Crippen LogP contribution in [0.25, 0.3) is 0 Å². The van der Waals surface area contributed by atoms with E-state index in [1.54, 1.807) is 6.92 Å². The molecule has 1 heterocycles. The third kappa shape index (κ3) is 3.90. The van der Waals surface area contributed by atoms with Crippen molar-refractivity contribution in [3.8, 4) is 0 Å². The smallest absolute Gasteiger partial charge is 0.238 e. The van der Waals surface area contributed by atoms with Gasteiger partial charge in [0.05, 0.1) is 0 Å². The van der Waals surface area contributed by atoms with E-state index in [-0.39, 0.29) is 5.69 Å². The third-order valence-corrected chi connectivity index (χ3v) is 2.17. The average Bonchev–Trinajstić information content (AvgIpc) is 2.17. The largest absolute Gasteiger partial charge is 0.280 e. The first-order valence-electron chi connectivity index (χ1n) is 5.26. The number of nitrogens with zero attached hydrogens (tertiary/aromatic N) is 2. The molecule has 0 radical (unpaired) electrons. The SMILES string of the molecule is CCCCCc1cc(C(F)F)nc(C)n1. The van der Waals surface area contributed by atoms with E-state index in [9.17, 15) is 8.78 Å². The molecule has 0 aliphatic rings. The highest BCUT2D eigenvalue weighted by atomic mass is 19.3. The summed E-state index contributed by atoms with van der Waals surface area (Å²) in [6, 6.07) is 1.41. The Balaban J connectivity index is 2.71. The van der Waals surface area contributed by atoms with Gasteiger partial charge in [-0.1, -0.05) is 19.8 Å². The zero-order chi connectivity index (χ0) is 11.3. The predicted octanol–water partition coefficient (Wildman–Crippen LogP) is 3.46. The van der Waals surface area contributed by atoms with Gasteiger partial charge in [0.25, 0.3) is 6.43 Å². The Hall–Kier alpha value is -1.06. The lowest BCUT2D eigenvalue weighted by atomic mass is 10.1. The first kappa shape index (κ1) is 12.0. The zero-order valence-electron chi connectivity index (χ0n) is 9.13. The molecule has 0 aromatic carbocycles. The fourth-order valence-electron chi connectivity index (χ4n) is 1.45. The molecule has 2 nitrogen and oxygen atoms in total. The van der Waals surface area contributed by atoms with E-state index < -0.39 is 6.43 Å². The normalized spacial score (nSPS) is 11.0. The van der Waals surface area contributed by atoms with Gasteiger partial charge in [-0.15, -0.1) is 0 Å². The van der Waals surface area contributed by atoms with Crippen LogP contribution in [0.1, 0.15) is 49.8 Å². The van der Waals surface area contributed by atoms with Crippen LogP contribution in [-0.2, 0) is 6.42 Å². The molecule has 1 aromatic rings. The molecule has 0 saturated carbocycles. The minimum absolute atomic E-state index is 0.158. The molecule has 0 saturated heterocycles. The molecule has 0 N–H and O–H groups in total. The van der Waals surface area contributed by atoms with Gasteiger partial charge in [-0.2, -0.15) is 0 Å². The Morgan fingerprint density at radius 3 is 2.60 bits per heavy atom. The van der Waals surface area contributed by atoms with Crippen LogP contribution >= 0.6 is 0 Å². The summed E-state index contributed by atoms with van der Waals surface area (Å²) in [5.74, 6) is 0.430. The molecular formula is C11H16F2N2. The molecule has 0 fully saturated rings. The number of hydrogen-bond acceptors (Lipinski definition) is 2.